The number of nitrogen functional groups attached to an aromatic ring is 1. The first-order chi connectivity index (χ1) is 14.5. The number of amides is 1. The number of likely N-dealkylation sites (tertiary alicyclic amines) is 1. The Morgan fingerprint density at radius 1 is 1.29 bits per heavy atom. The molecule has 2 N–H and O–H groups in total. The number of piperidine rings is 1. The zero-order chi connectivity index (χ0) is 22.5. The van der Waals surface area contributed by atoms with Crippen molar-refractivity contribution in [2.45, 2.75) is 65.0 Å². The summed E-state index contributed by atoms with van der Waals surface area (Å²) in [6.07, 6.45) is 1.61. The van der Waals surface area contributed by atoms with Gasteiger partial charge in [-0.3, -0.25) is 0 Å². The van der Waals surface area contributed by atoms with Crippen LogP contribution in [0.4, 0.5) is 10.6 Å². The maximum Gasteiger partial charge on any atom is 0.410 e. The first-order valence-electron chi connectivity index (χ1n) is 10.8. The molecule has 1 aliphatic rings. The summed E-state index contributed by atoms with van der Waals surface area (Å²) in [5, 5.41) is 1.03. The second kappa shape index (κ2) is 7.97. The molecule has 1 amide bonds. The number of halogens is 1. The van der Waals surface area contributed by atoms with Crippen LogP contribution in [-0.2, 0) is 4.74 Å². The predicted octanol–water partition coefficient (Wildman–Crippen LogP) is 5.62. The number of imidazole rings is 1. The highest BCUT2D eigenvalue weighted by molar-refractivity contribution is 9.10. The van der Waals surface area contributed by atoms with Crippen LogP contribution in [0.3, 0.4) is 0 Å². The number of ether oxygens (including phenoxy) is 1. The minimum atomic E-state index is -0.511. The number of pyridine rings is 1. The maximum atomic E-state index is 12.7. The van der Waals surface area contributed by atoms with Gasteiger partial charge in [-0.25, -0.2) is 14.8 Å². The molecule has 1 aromatic carbocycles. The molecule has 0 bridgehead atoms. The number of hydrogen-bond donors (Lipinski definition) is 1. The van der Waals surface area contributed by atoms with Crippen molar-refractivity contribution >= 4 is 49.8 Å². The third-order valence-corrected chi connectivity index (χ3v) is 6.08. The Labute approximate surface area is 191 Å². The normalized spacial score (nSPS) is 17.6. The van der Waals surface area contributed by atoms with Crippen molar-refractivity contribution < 1.29 is 9.53 Å². The van der Waals surface area contributed by atoms with Gasteiger partial charge in [-0.15, -0.1) is 0 Å². The third-order valence-electron chi connectivity index (χ3n) is 5.59. The van der Waals surface area contributed by atoms with Gasteiger partial charge in [-0.05, 0) is 65.7 Å². The van der Waals surface area contributed by atoms with E-state index in [4.69, 9.17) is 15.5 Å². The van der Waals surface area contributed by atoms with Gasteiger partial charge in [0.25, 0.3) is 0 Å². The SMILES string of the molecule is CC(C)n1c([C@H]2CCCN(C(=O)OC(C)(C)C)C2)nc2c(N)nc3cc(Br)ccc3c21. The van der Waals surface area contributed by atoms with Crippen molar-refractivity contribution in [3.63, 3.8) is 0 Å². The van der Waals surface area contributed by atoms with Crippen LogP contribution in [0.5, 0.6) is 0 Å². The molecule has 0 aliphatic carbocycles. The molecule has 3 heterocycles. The van der Waals surface area contributed by atoms with Crippen LogP contribution < -0.4 is 5.73 Å². The molecule has 166 valence electrons. The summed E-state index contributed by atoms with van der Waals surface area (Å²) in [5.74, 6) is 1.50. The van der Waals surface area contributed by atoms with E-state index in [1.54, 1.807) is 4.90 Å². The number of fused-ring (bicyclic) bond motifs is 3. The monoisotopic (exact) mass is 487 g/mol. The van der Waals surface area contributed by atoms with Crippen LogP contribution >= 0.6 is 15.9 Å². The highest BCUT2D eigenvalue weighted by Crippen LogP contribution is 2.37. The Morgan fingerprint density at radius 3 is 2.71 bits per heavy atom. The molecule has 2 aromatic heterocycles. The number of hydrogen-bond acceptors (Lipinski definition) is 5. The summed E-state index contributed by atoms with van der Waals surface area (Å²) in [4.78, 5) is 24.1. The fraction of sp³-hybridized carbons (Fsp3) is 0.522. The van der Waals surface area contributed by atoms with E-state index in [2.05, 4.69) is 45.4 Å². The van der Waals surface area contributed by atoms with Gasteiger partial charge in [0.05, 0.1) is 11.0 Å². The Bertz CT molecular complexity index is 1150. The number of carbonyl (C=O) groups excluding carboxylic acids is 1. The largest absolute Gasteiger partial charge is 0.444 e. The lowest BCUT2D eigenvalue weighted by atomic mass is 9.97. The fourth-order valence-corrected chi connectivity index (χ4v) is 4.71. The third kappa shape index (κ3) is 4.22. The summed E-state index contributed by atoms with van der Waals surface area (Å²) in [6, 6.07) is 6.24. The average molecular weight is 488 g/mol. The van der Waals surface area contributed by atoms with Crippen molar-refractivity contribution in [1.29, 1.82) is 0 Å². The highest BCUT2D eigenvalue weighted by Gasteiger charge is 2.32. The molecular formula is C23H30BrN5O2. The molecule has 1 saturated heterocycles. The van der Waals surface area contributed by atoms with E-state index in [9.17, 15) is 4.79 Å². The van der Waals surface area contributed by atoms with Gasteiger partial charge < -0.3 is 19.9 Å². The Kier molecular flexibility index (Phi) is 5.62. The maximum absolute atomic E-state index is 12.7. The molecule has 1 atom stereocenters. The van der Waals surface area contributed by atoms with Crippen molar-refractivity contribution in [3.05, 3.63) is 28.5 Å². The van der Waals surface area contributed by atoms with Crippen LogP contribution in [0.15, 0.2) is 22.7 Å². The molecular weight excluding hydrogens is 458 g/mol. The molecule has 31 heavy (non-hydrogen) atoms. The molecule has 0 spiro atoms. The molecule has 1 fully saturated rings. The Balaban J connectivity index is 1.80. The van der Waals surface area contributed by atoms with Crippen LogP contribution in [-0.4, -0.2) is 44.2 Å². The van der Waals surface area contributed by atoms with Crippen molar-refractivity contribution in [2.75, 3.05) is 18.8 Å². The lowest BCUT2D eigenvalue weighted by molar-refractivity contribution is 0.0195. The number of carbonyl (C=O) groups is 1. The van der Waals surface area contributed by atoms with Gasteiger partial charge in [0, 0.05) is 34.9 Å². The minimum absolute atomic E-state index is 0.112. The molecule has 1 aliphatic heterocycles. The van der Waals surface area contributed by atoms with Crippen LogP contribution in [0, 0.1) is 0 Å². The van der Waals surface area contributed by atoms with Gasteiger partial charge in [-0.1, -0.05) is 15.9 Å². The predicted molar refractivity (Wildman–Crippen MR) is 127 cm³/mol. The number of rotatable bonds is 2. The summed E-state index contributed by atoms with van der Waals surface area (Å²) >= 11 is 3.52. The number of anilines is 1. The zero-order valence-electron chi connectivity index (χ0n) is 18.8. The standard InChI is InChI=1S/C23H30BrN5O2/c1-13(2)29-19-16-9-8-15(24)11-17(16)26-20(25)18(19)27-21(29)14-7-6-10-28(12-14)22(30)31-23(3,4)5/h8-9,11,13-14H,6-7,10,12H2,1-5H3,(H2,25,26)/t14-/m0/s1. The lowest BCUT2D eigenvalue weighted by Crippen LogP contribution is -2.42. The van der Waals surface area contributed by atoms with Crippen molar-refractivity contribution in [3.8, 4) is 0 Å². The minimum Gasteiger partial charge on any atom is -0.444 e. The smallest absolute Gasteiger partial charge is 0.410 e. The summed E-state index contributed by atoms with van der Waals surface area (Å²) in [7, 11) is 0. The van der Waals surface area contributed by atoms with E-state index in [1.807, 2.05) is 32.9 Å². The van der Waals surface area contributed by atoms with E-state index in [1.165, 1.54) is 0 Å². The van der Waals surface area contributed by atoms with Crippen LogP contribution in [0.25, 0.3) is 21.9 Å². The number of nitrogens with two attached hydrogens (primary N) is 1. The first kappa shape index (κ1) is 21.9. The van der Waals surface area contributed by atoms with Crippen molar-refractivity contribution in [1.82, 2.24) is 19.4 Å². The van der Waals surface area contributed by atoms with E-state index < -0.39 is 5.60 Å². The molecule has 7 nitrogen and oxygen atoms in total. The summed E-state index contributed by atoms with van der Waals surface area (Å²) < 4.78 is 8.84. The van der Waals surface area contributed by atoms with Gasteiger partial charge in [0.1, 0.15) is 16.9 Å². The zero-order valence-corrected chi connectivity index (χ0v) is 20.4. The molecule has 3 aromatic rings. The van der Waals surface area contributed by atoms with Gasteiger partial charge in [0.2, 0.25) is 0 Å². The topological polar surface area (TPSA) is 86.3 Å². The van der Waals surface area contributed by atoms with Gasteiger partial charge in [-0.2, -0.15) is 0 Å². The quantitative estimate of drug-likeness (QED) is 0.506. The Hall–Kier alpha value is -2.35. The second-order valence-corrected chi connectivity index (χ2v) is 10.5. The molecule has 0 unspecified atom stereocenters. The highest BCUT2D eigenvalue weighted by atomic mass is 79.9. The van der Waals surface area contributed by atoms with E-state index in [-0.39, 0.29) is 18.1 Å². The van der Waals surface area contributed by atoms with E-state index >= 15 is 0 Å². The van der Waals surface area contributed by atoms with Gasteiger partial charge >= 0.3 is 6.09 Å². The molecule has 8 heteroatoms. The number of nitrogens with zero attached hydrogens (tertiary/aromatic N) is 4. The first-order valence-corrected chi connectivity index (χ1v) is 11.6. The van der Waals surface area contributed by atoms with Crippen LogP contribution in [0.2, 0.25) is 0 Å². The molecule has 0 saturated carbocycles. The number of aromatic nitrogens is 3. The lowest BCUT2D eigenvalue weighted by Gasteiger charge is -2.34. The fourth-order valence-electron chi connectivity index (χ4n) is 4.36. The van der Waals surface area contributed by atoms with Crippen LogP contribution in [0.1, 0.15) is 65.2 Å². The van der Waals surface area contributed by atoms with Gasteiger partial charge in [0.15, 0.2) is 5.82 Å². The molecule has 4 rings (SSSR count). The number of benzene rings is 1. The average Bonchev–Trinajstić information content (AvgIpc) is 3.08. The second-order valence-electron chi connectivity index (χ2n) is 9.55. The van der Waals surface area contributed by atoms with E-state index in [0.29, 0.717) is 18.9 Å². The Morgan fingerprint density at radius 2 is 2.03 bits per heavy atom. The van der Waals surface area contributed by atoms with Crippen molar-refractivity contribution in [2.24, 2.45) is 0 Å². The van der Waals surface area contributed by atoms with E-state index in [0.717, 1.165) is 45.1 Å². The summed E-state index contributed by atoms with van der Waals surface area (Å²) in [6.45, 7) is 11.3. The molecule has 0 radical (unpaired) electrons. The summed E-state index contributed by atoms with van der Waals surface area (Å²) in [5.41, 5.74) is 8.41.